The number of ether oxygens (including phenoxy) is 3. The van der Waals surface area contributed by atoms with Crippen LogP contribution in [0.3, 0.4) is 0 Å². The molecule has 0 aromatic rings. The molecule has 0 radical (unpaired) electrons. The van der Waals surface area contributed by atoms with Crippen molar-refractivity contribution in [1.29, 1.82) is 0 Å². The molecular formula is C10H18O4. The quantitative estimate of drug-likeness (QED) is 0.638. The summed E-state index contributed by atoms with van der Waals surface area (Å²) in [4.78, 5) is 11.1. The first-order chi connectivity index (χ1) is 6.74. The van der Waals surface area contributed by atoms with Crippen LogP contribution in [0.2, 0.25) is 0 Å². The van der Waals surface area contributed by atoms with Crippen LogP contribution in [0.1, 0.15) is 19.8 Å². The molecule has 0 aromatic carbocycles. The second-order valence-corrected chi connectivity index (χ2v) is 3.57. The molecule has 0 N–H and O–H groups in total. The Bertz CT molecular complexity index is 175. The van der Waals surface area contributed by atoms with Gasteiger partial charge in [-0.15, -0.1) is 0 Å². The minimum absolute atomic E-state index is 0.178. The lowest BCUT2D eigenvalue weighted by molar-refractivity contribution is -0.148. The second-order valence-electron chi connectivity index (χ2n) is 3.57. The molecule has 4 heteroatoms. The number of carbonyl (C=O) groups is 1. The van der Waals surface area contributed by atoms with E-state index in [0.29, 0.717) is 6.61 Å². The van der Waals surface area contributed by atoms with Crippen LogP contribution in [0.25, 0.3) is 0 Å². The fraction of sp³-hybridized carbons (Fsp3) is 0.900. The lowest BCUT2D eigenvalue weighted by atomic mass is 10.1. The molecule has 1 atom stereocenters. The highest BCUT2D eigenvalue weighted by atomic mass is 16.5. The van der Waals surface area contributed by atoms with Crippen LogP contribution in [0.4, 0.5) is 0 Å². The summed E-state index contributed by atoms with van der Waals surface area (Å²) in [5.74, 6) is -0.389. The summed E-state index contributed by atoms with van der Waals surface area (Å²) in [6.45, 7) is 3.77. The van der Waals surface area contributed by atoms with E-state index in [0.717, 1.165) is 26.1 Å². The molecule has 0 aliphatic carbocycles. The van der Waals surface area contributed by atoms with Crippen molar-refractivity contribution in [1.82, 2.24) is 0 Å². The normalized spacial score (nSPS) is 20.4. The van der Waals surface area contributed by atoms with Gasteiger partial charge in [-0.2, -0.15) is 0 Å². The summed E-state index contributed by atoms with van der Waals surface area (Å²) >= 11 is 0. The van der Waals surface area contributed by atoms with Crippen LogP contribution < -0.4 is 0 Å². The SMILES string of the molecule is COC(=O)C(C)COC1CCOCC1. The summed E-state index contributed by atoms with van der Waals surface area (Å²) in [5, 5.41) is 0. The molecule has 0 bridgehead atoms. The van der Waals surface area contributed by atoms with E-state index in [1.165, 1.54) is 7.11 Å². The molecule has 0 spiro atoms. The maximum atomic E-state index is 11.1. The van der Waals surface area contributed by atoms with Crippen LogP contribution in [0.5, 0.6) is 0 Å². The molecule has 1 rings (SSSR count). The molecule has 14 heavy (non-hydrogen) atoms. The molecule has 1 saturated heterocycles. The van der Waals surface area contributed by atoms with Gasteiger partial charge in [0, 0.05) is 13.2 Å². The molecule has 0 aromatic heterocycles. The van der Waals surface area contributed by atoms with Crippen molar-refractivity contribution in [2.45, 2.75) is 25.9 Å². The molecule has 1 unspecified atom stereocenters. The molecule has 1 heterocycles. The van der Waals surface area contributed by atoms with E-state index in [4.69, 9.17) is 9.47 Å². The van der Waals surface area contributed by atoms with Gasteiger partial charge in [0.2, 0.25) is 0 Å². The van der Waals surface area contributed by atoms with Crippen molar-refractivity contribution in [2.75, 3.05) is 26.9 Å². The van der Waals surface area contributed by atoms with E-state index in [1.807, 2.05) is 6.92 Å². The molecule has 82 valence electrons. The summed E-state index contributed by atoms with van der Waals surface area (Å²) < 4.78 is 15.4. The van der Waals surface area contributed by atoms with Gasteiger partial charge < -0.3 is 14.2 Å². The average Bonchev–Trinajstić information content (AvgIpc) is 2.26. The highest BCUT2D eigenvalue weighted by Crippen LogP contribution is 2.12. The van der Waals surface area contributed by atoms with Gasteiger partial charge in [0.1, 0.15) is 0 Å². The topological polar surface area (TPSA) is 44.8 Å². The highest BCUT2D eigenvalue weighted by Gasteiger charge is 2.18. The smallest absolute Gasteiger partial charge is 0.310 e. The van der Waals surface area contributed by atoms with Gasteiger partial charge >= 0.3 is 5.97 Å². The monoisotopic (exact) mass is 202 g/mol. The predicted molar refractivity (Wildman–Crippen MR) is 51.0 cm³/mol. The van der Waals surface area contributed by atoms with E-state index in [9.17, 15) is 4.79 Å². The Kier molecular flexibility index (Phi) is 4.90. The molecule has 1 fully saturated rings. The van der Waals surface area contributed by atoms with Crippen LogP contribution in [-0.2, 0) is 19.0 Å². The van der Waals surface area contributed by atoms with Gasteiger partial charge in [-0.1, -0.05) is 0 Å². The number of carbonyl (C=O) groups excluding carboxylic acids is 1. The Labute approximate surface area is 84.5 Å². The standard InChI is InChI=1S/C10H18O4/c1-8(10(11)12-2)7-14-9-3-5-13-6-4-9/h8-9H,3-7H2,1-2H3. The average molecular weight is 202 g/mol. The van der Waals surface area contributed by atoms with E-state index in [2.05, 4.69) is 4.74 Å². The number of esters is 1. The Morgan fingerprint density at radius 1 is 1.50 bits per heavy atom. The zero-order chi connectivity index (χ0) is 10.4. The Morgan fingerprint density at radius 2 is 2.14 bits per heavy atom. The summed E-state index contributed by atoms with van der Waals surface area (Å²) in [5.41, 5.74) is 0. The third-order valence-corrected chi connectivity index (χ3v) is 2.35. The van der Waals surface area contributed by atoms with Crippen molar-refractivity contribution in [3.63, 3.8) is 0 Å². The van der Waals surface area contributed by atoms with Crippen LogP contribution in [-0.4, -0.2) is 39.0 Å². The number of methoxy groups -OCH3 is 1. The first-order valence-electron chi connectivity index (χ1n) is 5.01. The zero-order valence-electron chi connectivity index (χ0n) is 8.82. The predicted octanol–water partition coefficient (Wildman–Crippen LogP) is 0.991. The van der Waals surface area contributed by atoms with E-state index >= 15 is 0 Å². The summed E-state index contributed by atoms with van der Waals surface area (Å²) in [6, 6.07) is 0. The number of rotatable bonds is 4. The molecule has 0 saturated carbocycles. The molecule has 0 amide bonds. The van der Waals surface area contributed by atoms with Gasteiger partial charge in [-0.05, 0) is 19.8 Å². The second kappa shape index (κ2) is 5.98. The fourth-order valence-corrected chi connectivity index (χ4v) is 1.39. The van der Waals surface area contributed by atoms with Crippen LogP contribution in [0, 0.1) is 5.92 Å². The fourth-order valence-electron chi connectivity index (χ4n) is 1.39. The zero-order valence-corrected chi connectivity index (χ0v) is 8.82. The van der Waals surface area contributed by atoms with E-state index in [-0.39, 0.29) is 18.0 Å². The van der Waals surface area contributed by atoms with Crippen molar-refractivity contribution in [2.24, 2.45) is 5.92 Å². The Balaban J connectivity index is 2.15. The van der Waals surface area contributed by atoms with Gasteiger partial charge in [-0.3, -0.25) is 4.79 Å². The molecule has 1 aliphatic heterocycles. The van der Waals surface area contributed by atoms with Gasteiger partial charge in [0.25, 0.3) is 0 Å². The van der Waals surface area contributed by atoms with Crippen molar-refractivity contribution >= 4 is 5.97 Å². The minimum Gasteiger partial charge on any atom is -0.469 e. The van der Waals surface area contributed by atoms with Gasteiger partial charge in [0.05, 0.1) is 25.7 Å². The minimum atomic E-state index is -0.211. The summed E-state index contributed by atoms with van der Waals surface area (Å²) in [6.07, 6.45) is 2.10. The van der Waals surface area contributed by atoms with Crippen LogP contribution >= 0.6 is 0 Å². The number of hydrogen-bond donors (Lipinski definition) is 0. The Hall–Kier alpha value is -0.610. The maximum Gasteiger partial charge on any atom is 0.310 e. The van der Waals surface area contributed by atoms with E-state index < -0.39 is 0 Å². The van der Waals surface area contributed by atoms with Crippen molar-refractivity contribution in [3.8, 4) is 0 Å². The molecular weight excluding hydrogens is 184 g/mol. The lowest BCUT2D eigenvalue weighted by Crippen LogP contribution is -2.27. The highest BCUT2D eigenvalue weighted by molar-refractivity contribution is 5.71. The molecule has 1 aliphatic rings. The van der Waals surface area contributed by atoms with Gasteiger partial charge in [-0.25, -0.2) is 0 Å². The van der Waals surface area contributed by atoms with Crippen molar-refractivity contribution < 1.29 is 19.0 Å². The number of hydrogen-bond acceptors (Lipinski definition) is 4. The lowest BCUT2D eigenvalue weighted by Gasteiger charge is -2.23. The largest absolute Gasteiger partial charge is 0.469 e. The summed E-state index contributed by atoms with van der Waals surface area (Å²) in [7, 11) is 1.40. The van der Waals surface area contributed by atoms with Crippen LogP contribution in [0.15, 0.2) is 0 Å². The third-order valence-electron chi connectivity index (χ3n) is 2.35. The first kappa shape index (κ1) is 11.5. The molecule has 4 nitrogen and oxygen atoms in total. The maximum absolute atomic E-state index is 11.1. The third kappa shape index (κ3) is 3.64. The van der Waals surface area contributed by atoms with Crippen molar-refractivity contribution in [3.05, 3.63) is 0 Å². The Morgan fingerprint density at radius 3 is 2.71 bits per heavy atom. The van der Waals surface area contributed by atoms with Gasteiger partial charge in [0.15, 0.2) is 0 Å². The van der Waals surface area contributed by atoms with E-state index in [1.54, 1.807) is 0 Å². The first-order valence-corrected chi connectivity index (χ1v) is 5.01.